The molecule has 22 heavy (non-hydrogen) atoms. The van der Waals surface area contributed by atoms with Crippen LogP contribution in [0.5, 0.6) is 0 Å². The average Bonchev–Trinajstić information content (AvgIpc) is 2.87. The molecule has 118 valence electrons. The molecule has 0 saturated carbocycles. The molecule has 0 aliphatic carbocycles. The van der Waals surface area contributed by atoms with Gasteiger partial charge in [0.1, 0.15) is 5.58 Å². The van der Waals surface area contributed by atoms with Crippen LogP contribution in [-0.4, -0.2) is 25.2 Å². The fourth-order valence-electron chi connectivity index (χ4n) is 3.10. The molecule has 1 aliphatic heterocycles. The molecule has 1 amide bonds. The van der Waals surface area contributed by atoms with Gasteiger partial charge in [-0.1, -0.05) is 12.1 Å². The van der Waals surface area contributed by atoms with Crippen molar-refractivity contribution in [1.82, 2.24) is 5.32 Å². The second-order valence-corrected chi connectivity index (χ2v) is 6.31. The minimum absolute atomic E-state index is 0.0578. The number of aryl methyl sites for hydroxylation is 1. The lowest BCUT2D eigenvalue weighted by Crippen LogP contribution is -2.34. The van der Waals surface area contributed by atoms with Gasteiger partial charge in [0.15, 0.2) is 0 Å². The number of hydrogen-bond acceptors (Lipinski definition) is 3. The second kappa shape index (κ2) is 6.53. The molecule has 0 radical (unpaired) electrons. The summed E-state index contributed by atoms with van der Waals surface area (Å²) < 4.78 is 11.1. The van der Waals surface area contributed by atoms with Crippen molar-refractivity contribution in [2.45, 2.75) is 39.2 Å². The number of furan rings is 1. The van der Waals surface area contributed by atoms with Crippen LogP contribution in [0.1, 0.15) is 30.9 Å². The highest BCUT2D eigenvalue weighted by molar-refractivity contribution is 5.87. The zero-order chi connectivity index (χ0) is 15.5. The van der Waals surface area contributed by atoms with Gasteiger partial charge in [0, 0.05) is 24.1 Å². The zero-order valence-corrected chi connectivity index (χ0v) is 13.2. The number of carbonyl (C=O) groups is 1. The Balaban J connectivity index is 1.56. The maximum Gasteiger partial charge on any atom is 0.224 e. The van der Waals surface area contributed by atoms with E-state index in [2.05, 4.69) is 12.2 Å². The Morgan fingerprint density at radius 2 is 2.27 bits per heavy atom. The van der Waals surface area contributed by atoms with Crippen LogP contribution in [0.2, 0.25) is 0 Å². The van der Waals surface area contributed by atoms with Gasteiger partial charge < -0.3 is 14.5 Å². The normalized spacial score (nSPS) is 21.9. The summed E-state index contributed by atoms with van der Waals surface area (Å²) >= 11 is 0. The quantitative estimate of drug-likeness (QED) is 0.943. The summed E-state index contributed by atoms with van der Waals surface area (Å²) in [5.74, 6) is 0.582. The second-order valence-electron chi connectivity index (χ2n) is 6.31. The van der Waals surface area contributed by atoms with Crippen LogP contribution in [0.15, 0.2) is 28.9 Å². The number of benzene rings is 1. The van der Waals surface area contributed by atoms with Gasteiger partial charge in [0.05, 0.1) is 18.8 Å². The predicted octanol–water partition coefficient (Wildman–Crippen LogP) is 3.22. The van der Waals surface area contributed by atoms with Gasteiger partial charge in [-0.15, -0.1) is 0 Å². The van der Waals surface area contributed by atoms with Gasteiger partial charge in [-0.25, -0.2) is 0 Å². The van der Waals surface area contributed by atoms with Crippen LogP contribution in [0.4, 0.5) is 0 Å². The molecule has 2 atom stereocenters. The SMILES string of the molecule is Cc1ccc2c(CC(=O)NC[C@@H]3CCO[C@H](C)C3)coc2c1. The summed E-state index contributed by atoms with van der Waals surface area (Å²) in [7, 11) is 0. The molecule has 1 N–H and O–H groups in total. The molecule has 1 fully saturated rings. The Morgan fingerprint density at radius 3 is 3.09 bits per heavy atom. The van der Waals surface area contributed by atoms with Gasteiger partial charge in [0.2, 0.25) is 5.91 Å². The smallest absolute Gasteiger partial charge is 0.224 e. The van der Waals surface area contributed by atoms with E-state index in [0.717, 1.165) is 48.1 Å². The van der Waals surface area contributed by atoms with Crippen molar-refractivity contribution in [1.29, 1.82) is 0 Å². The molecule has 0 bridgehead atoms. The van der Waals surface area contributed by atoms with E-state index in [1.54, 1.807) is 6.26 Å². The first kappa shape index (κ1) is 15.1. The first-order valence-corrected chi connectivity index (χ1v) is 7.97. The highest BCUT2D eigenvalue weighted by Gasteiger charge is 2.20. The van der Waals surface area contributed by atoms with Gasteiger partial charge in [-0.2, -0.15) is 0 Å². The molecule has 0 unspecified atom stereocenters. The van der Waals surface area contributed by atoms with Crippen molar-refractivity contribution in [2.75, 3.05) is 13.2 Å². The van der Waals surface area contributed by atoms with E-state index in [4.69, 9.17) is 9.15 Å². The summed E-state index contributed by atoms with van der Waals surface area (Å²) in [6, 6.07) is 6.07. The van der Waals surface area contributed by atoms with E-state index < -0.39 is 0 Å². The van der Waals surface area contributed by atoms with Crippen LogP contribution < -0.4 is 5.32 Å². The summed E-state index contributed by atoms with van der Waals surface area (Å²) in [5.41, 5.74) is 2.96. The maximum absolute atomic E-state index is 12.2. The maximum atomic E-state index is 12.2. The van der Waals surface area contributed by atoms with Crippen LogP contribution >= 0.6 is 0 Å². The third kappa shape index (κ3) is 3.50. The van der Waals surface area contributed by atoms with Crippen LogP contribution in [-0.2, 0) is 16.0 Å². The number of rotatable bonds is 4. The lowest BCUT2D eigenvalue weighted by atomic mass is 9.96. The number of amides is 1. The minimum atomic E-state index is 0.0578. The molecular formula is C18H23NO3. The molecule has 4 heteroatoms. The van der Waals surface area contributed by atoms with Crippen molar-refractivity contribution < 1.29 is 13.9 Å². The molecule has 4 nitrogen and oxygen atoms in total. The van der Waals surface area contributed by atoms with E-state index in [-0.39, 0.29) is 5.91 Å². The summed E-state index contributed by atoms with van der Waals surface area (Å²) in [6.07, 6.45) is 4.42. The first-order chi connectivity index (χ1) is 10.6. The lowest BCUT2D eigenvalue weighted by molar-refractivity contribution is -0.120. The molecule has 3 rings (SSSR count). The van der Waals surface area contributed by atoms with Crippen molar-refractivity contribution in [2.24, 2.45) is 5.92 Å². The lowest BCUT2D eigenvalue weighted by Gasteiger charge is -2.27. The van der Waals surface area contributed by atoms with E-state index in [1.807, 2.05) is 25.1 Å². The molecule has 2 heterocycles. The van der Waals surface area contributed by atoms with E-state index in [1.165, 1.54) is 0 Å². The standard InChI is InChI=1S/C18H23NO3/c1-12-3-4-16-15(11-22-17(16)7-12)9-18(20)19-10-14-5-6-21-13(2)8-14/h3-4,7,11,13-14H,5-6,8-10H2,1-2H3,(H,19,20)/t13-,14-/m1/s1. The van der Waals surface area contributed by atoms with Gasteiger partial charge >= 0.3 is 0 Å². The average molecular weight is 301 g/mol. The fraction of sp³-hybridized carbons (Fsp3) is 0.500. The van der Waals surface area contributed by atoms with Gasteiger partial charge in [0.25, 0.3) is 0 Å². The van der Waals surface area contributed by atoms with Crippen molar-refractivity contribution in [3.05, 3.63) is 35.6 Å². The fourth-order valence-corrected chi connectivity index (χ4v) is 3.10. The molecule has 1 saturated heterocycles. The largest absolute Gasteiger partial charge is 0.464 e. The summed E-state index contributed by atoms with van der Waals surface area (Å²) in [5, 5.41) is 4.08. The van der Waals surface area contributed by atoms with Crippen LogP contribution in [0.25, 0.3) is 11.0 Å². The highest BCUT2D eigenvalue weighted by Crippen LogP contribution is 2.23. The van der Waals surface area contributed by atoms with Crippen LogP contribution in [0.3, 0.4) is 0 Å². The molecule has 0 spiro atoms. The number of fused-ring (bicyclic) bond motifs is 1. The topological polar surface area (TPSA) is 51.5 Å². The summed E-state index contributed by atoms with van der Waals surface area (Å²) in [4.78, 5) is 12.2. The number of carbonyl (C=O) groups excluding carboxylic acids is 1. The van der Waals surface area contributed by atoms with Gasteiger partial charge in [-0.05, 0) is 44.2 Å². The van der Waals surface area contributed by atoms with Crippen molar-refractivity contribution >= 4 is 16.9 Å². The first-order valence-electron chi connectivity index (χ1n) is 7.97. The van der Waals surface area contributed by atoms with E-state index in [9.17, 15) is 4.79 Å². The Labute approximate surface area is 130 Å². The van der Waals surface area contributed by atoms with Crippen molar-refractivity contribution in [3.63, 3.8) is 0 Å². The highest BCUT2D eigenvalue weighted by atomic mass is 16.5. The van der Waals surface area contributed by atoms with Crippen molar-refractivity contribution in [3.8, 4) is 0 Å². The number of nitrogens with one attached hydrogen (secondary N) is 1. The number of ether oxygens (including phenoxy) is 1. The summed E-state index contributed by atoms with van der Waals surface area (Å²) in [6.45, 7) is 5.66. The molecule has 2 aromatic rings. The molecular weight excluding hydrogens is 278 g/mol. The molecule has 1 aliphatic rings. The van der Waals surface area contributed by atoms with Gasteiger partial charge in [-0.3, -0.25) is 4.79 Å². The van der Waals surface area contributed by atoms with E-state index >= 15 is 0 Å². The monoisotopic (exact) mass is 301 g/mol. The van der Waals surface area contributed by atoms with Crippen LogP contribution in [0, 0.1) is 12.8 Å². The van der Waals surface area contributed by atoms with E-state index in [0.29, 0.717) is 18.4 Å². The Bertz CT molecular complexity index is 661. The molecule has 1 aromatic carbocycles. The Kier molecular flexibility index (Phi) is 4.48. The third-order valence-corrected chi connectivity index (χ3v) is 4.34. The predicted molar refractivity (Wildman–Crippen MR) is 85.8 cm³/mol. The Morgan fingerprint density at radius 1 is 1.41 bits per heavy atom. The third-order valence-electron chi connectivity index (χ3n) is 4.34. The number of hydrogen-bond donors (Lipinski definition) is 1. The minimum Gasteiger partial charge on any atom is -0.464 e. The zero-order valence-electron chi connectivity index (χ0n) is 13.2. The Hall–Kier alpha value is -1.81. The molecule has 1 aromatic heterocycles.